The number of ether oxygens (including phenoxy) is 1. The first-order chi connectivity index (χ1) is 6.70. The summed E-state index contributed by atoms with van der Waals surface area (Å²) in [5, 5.41) is -0.0655. The minimum absolute atomic E-state index is 0.0655. The number of benzene rings is 1. The van der Waals surface area contributed by atoms with Crippen molar-refractivity contribution >= 4 is 33.7 Å². The molecule has 2 nitrogen and oxygen atoms in total. The summed E-state index contributed by atoms with van der Waals surface area (Å²) >= 11 is 5.00. The van der Waals surface area contributed by atoms with E-state index < -0.39 is 0 Å². The Morgan fingerprint density at radius 1 is 1.64 bits per heavy atom. The van der Waals surface area contributed by atoms with Gasteiger partial charge < -0.3 is 4.74 Å². The van der Waals surface area contributed by atoms with E-state index in [9.17, 15) is 4.79 Å². The molecule has 1 aliphatic rings. The summed E-state index contributed by atoms with van der Waals surface area (Å²) in [6.07, 6.45) is 0.770. The second-order valence-corrected chi connectivity index (χ2v) is 5.25. The Bertz CT molecular complexity index is 378. The van der Waals surface area contributed by atoms with Gasteiger partial charge in [0.15, 0.2) is 0 Å². The lowest BCUT2D eigenvalue weighted by atomic mass is 10.1. The molecule has 0 amide bonds. The van der Waals surface area contributed by atoms with Crippen LogP contribution in [0.2, 0.25) is 0 Å². The van der Waals surface area contributed by atoms with Crippen molar-refractivity contribution in [3.05, 3.63) is 28.2 Å². The smallest absolute Gasteiger partial charge is 0.319 e. The van der Waals surface area contributed by atoms with Gasteiger partial charge in [-0.05, 0) is 30.2 Å². The number of halogens is 1. The zero-order valence-corrected chi connectivity index (χ0v) is 10.0. The Balaban J connectivity index is 2.22. The third kappa shape index (κ3) is 1.81. The van der Waals surface area contributed by atoms with Gasteiger partial charge >= 0.3 is 5.97 Å². The number of hydrogen-bond acceptors (Lipinski definition) is 3. The molecule has 0 N–H and O–H groups in total. The van der Waals surface area contributed by atoms with Gasteiger partial charge in [0.05, 0.1) is 7.11 Å². The molecule has 0 fully saturated rings. The highest BCUT2D eigenvalue weighted by molar-refractivity contribution is 9.10. The van der Waals surface area contributed by atoms with Crippen molar-refractivity contribution < 1.29 is 9.53 Å². The van der Waals surface area contributed by atoms with E-state index in [0.29, 0.717) is 0 Å². The van der Waals surface area contributed by atoms with Gasteiger partial charge in [0.1, 0.15) is 5.25 Å². The van der Waals surface area contributed by atoms with Gasteiger partial charge in [-0.1, -0.05) is 15.9 Å². The van der Waals surface area contributed by atoms with Gasteiger partial charge in [-0.15, -0.1) is 11.8 Å². The van der Waals surface area contributed by atoms with Crippen LogP contribution in [0.1, 0.15) is 5.56 Å². The number of fused-ring (bicyclic) bond motifs is 1. The Labute approximate surface area is 95.2 Å². The predicted octanol–water partition coefficient (Wildman–Crippen LogP) is 2.64. The topological polar surface area (TPSA) is 26.3 Å². The van der Waals surface area contributed by atoms with Gasteiger partial charge in [-0.3, -0.25) is 4.79 Å². The van der Waals surface area contributed by atoms with Crippen LogP contribution in [0.15, 0.2) is 27.6 Å². The molecule has 1 unspecified atom stereocenters. The molecule has 0 spiro atoms. The van der Waals surface area contributed by atoms with Crippen LogP contribution < -0.4 is 0 Å². The molecule has 2 rings (SSSR count). The number of esters is 1. The molecule has 74 valence electrons. The lowest BCUT2D eigenvalue weighted by Crippen LogP contribution is -2.17. The molecule has 0 aliphatic carbocycles. The number of hydrogen-bond donors (Lipinski definition) is 0. The molecule has 0 bridgehead atoms. The van der Waals surface area contributed by atoms with Crippen LogP contribution in [0.3, 0.4) is 0 Å². The van der Waals surface area contributed by atoms with Gasteiger partial charge in [0.25, 0.3) is 0 Å². The summed E-state index contributed by atoms with van der Waals surface area (Å²) in [7, 11) is 1.43. The second-order valence-electron chi connectivity index (χ2n) is 3.09. The van der Waals surface area contributed by atoms with Crippen LogP contribution in [0.5, 0.6) is 0 Å². The lowest BCUT2D eigenvalue weighted by molar-refractivity contribution is -0.139. The number of thioether (sulfide) groups is 1. The zero-order chi connectivity index (χ0) is 10.1. The third-order valence-electron chi connectivity index (χ3n) is 2.16. The summed E-state index contributed by atoms with van der Waals surface area (Å²) in [5.74, 6) is -0.137. The van der Waals surface area contributed by atoms with Crippen LogP contribution in [0.25, 0.3) is 0 Å². The first kappa shape index (κ1) is 10.1. The highest BCUT2D eigenvalue weighted by Crippen LogP contribution is 2.38. The summed E-state index contributed by atoms with van der Waals surface area (Å²) in [4.78, 5) is 12.5. The molecule has 1 aromatic rings. The van der Waals surface area contributed by atoms with E-state index in [1.165, 1.54) is 17.6 Å². The Morgan fingerprint density at radius 2 is 2.43 bits per heavy atom. The van der Waals surface area contributed by atoms with Crippen molar-refractivity contribution in [3.8, 4) is 0 Å². The first-order valence-corrected chi connectivity index (χ1v) is 5.91. The van der Waals surface area contributed by atoms with E-state index >= 15 is 0 Å². The molecule has 1 aromatic carbocycles. The summed E-state index contributed by atoms with van der Waals surface area (Å²) in [6, 6.07) is 6.09. The maximum absolute atomic E-state index is 11.3. The van der Waals surface area contributed by atoms with Crippen LogP contribution in [-0.2, 0) is 16.0 Å². The number of methoxy groups -OCH3 is 1. The van der Waals surface area contributed by atoms with Crippen LogP contribution in [-0.4, -0.2) is 18.3 Å². The molecule has 1 atom stereocenters. The average Bonchev–Trinajstić information content (AvgIpc) is 2.59. The first-order valence-electron chi connectivity index (χ1n) is 4.23. The van der Waals surface area contributed by atoms with Crippen molar-refractivity contribution in [2.24, 2.45) is 0 Å². The van der Waals surface area contributed by atoms with E-state index in [1.807, 2.05) is 12.1 Å². The highest BCUT2D eigenvalue weighted by atomic mass is 79.9. The van der Waals surface area contributed by atoms with E-state index in [1.54, 1.807) is 11.8 Å². The molecule has 0 radical (unpaired) electrons. The SMILES string of the molecule is COC(=O)C1Cc2cc(Br)ccc2S1. The zero-order valence-electron chi connectivity index (χ0n) is 7.62. The Hall–Kier alpha value is -0.480. The summed E-state index contributed by atoms with van der Waals surface area (Å²) in [5.41, 5.74) is 1.22. The normalized spacial score (nSPS) is 19.1. The fourth-order valence-electron chi connectivity index (χ4n) is 1.48. The van der Waals surface area contributed by atoms with Crippen molar-refractivity contribution in [3.63, 3.8) is 0 Å². The van der Waals surface area contributed by atoms with E-state index in [-0.39, 0.29) is 11.2 Å². The fraction of sp³-hybridized carbons (Fsp3) is 0.300. The molecule has 0 saturated heterocycles. The molecule has 4 heteroatoms. The van der Waals surface area contributed by atoms with Crippen LogP contribution in [0, 0.1) is 0 Å². The number of rotatable bonds is 1. The molecule has 0 aromatic heterocycles. The Kier molecular flexibility index (Phi) is 2.83. The van der Waals surface area contributed by atoms with Gasteiger partial charge in [0, 0.05) is 9.37 Å². The molecular formula is C10H9BrO2S. The molecule has 1 aliphatic heterocycles. The average molecular weight is 273 g/mol. The van der Waals surface area contributed by atoms with Crippen LogP contribution >= 0.6 is 27.7 Å². The van der Waals surface area contributed by atoms with Crippen molar-refractivity contribution in [1.82, 2.24) is 0 Å². The third-order valence-corrected chi connectivity index (χ3v) is 3.95. The minimum Gasteiger partial charge on any atom is -0.468 e. The Morgan fingerprint density at radius 3 is 3.14 bits per heavy atom. The standard InChI is InChI=1S/C10H9BrO2S/c1-13-10(12)9-5-6-4-7(11)2-3-8(6)14-9/h2-4,9H,5H2,1H3. The van der Waals surface area contributed by atoms with E-state index in [4.69, 9.17) is 4.74 Å². The van der Waals surface area contributed by atoms with Crippen molar-refractivity contribution in [2.75, 3.05) is 7.11 Å². The number of carbonyl (C=O) groups is 1. The maximum atomic E-state index is 11.3. The second kappa shape index (κ2) is 3.95. The fourth-order valence-corrected chi connectivity index (χ4v) is 3.09. The predicted molar refractivity (Wildman–Crippen MR) is 59.5 cm³/mol. The highest BCUT2D eigenvalue weighted by Gasteiger charge is 2.28. The van der Waals surface area contributed by atoms with E-state index in [0.717, 1.165) is 10.9 Å². The monoisotopic (exact) mass is 272 g/mol. The molecule has 1 heterocycles. The molecular weight excluding hydrogens is 264 g/mol. The van der Waals surface area contributed by atoms with Crippen LogP contribution in [0.4, 0.5) is 0 Å². The van der Waals surface area contributed by atoms with Gasteiger partial charge in [-0.2, -0.15) is 0 Å². The number of carbonyl (C=O) groups excluding carboxylic acids is 1. The quantitative estimate of drug-likeness (QED) is 0.736. The summed E-state index contributed by atoms with van der Waals surface area (Å²) < 4.78 is 5.78. The largest absolute Gasteiger partial charge is 0.468 e. The summed E-state index contributed by atoms with van der Waals surface area (Å²) in [6.45, 7) is 0. The van der Waals surface area contributed by atoms with Crippen molar-refractivity contribution in [2.45, 2.75) is 16.6 Å². The minimum atomic E-state index is -0.137. The van der Waals surface area contributed by atoms with Gasteiger partial charge in [0.2, 0.25) is 0 Å². The molecule has 14 heavy (non-hydrogen) atoms. The van der Waals surface area contributed by atoms with Gasteiger partial charge in [-0.25, -0.2) is 0 Å². The molecule has 0 saturated carbocycles. The van der Waals surface area contributed by atoms with E-state index in [2.05, 4.69) is 22.0 Å². The lowest BCUT2D eigenvalue weighted by Gasteiger charge is -2.03. The van der Waals surface area contributed by atoms with Crippen molar-refractivity contribution in [1.29, 1.82) is 0 Å². The maximum Gasteiger partial charge on any atom is 0.319 e.